The Bertz CT molecular complexity index is 2270. The minimum absolute atomic E-state index is 0.0963. The highest BCUT2D eigenvalue weighted by molar-refractivity contribution is 9.10. The topological polar surface area (TPSA) is 108 Å². The molecule has 2 amide bonds. The van der Waals surface area contributed by atoms with E-state index in [1.807, 2.05) is 91.9 Å². The number of carbonyl (C=O) groups excluding carboxylic acids is 2. The summed E-state index contributed by atoms with van der Waals surface area (Å²) in [6.45, 7) is 5.53. The highest BCUT2D eigenvalue weighted by Gasteiger charge is 2.67. The molecule has 0 unspecified atom stereocenters. The first-order valence-electron chi connectivity index (χ1n) is 17.7. The number of rotatable bonds is 7. The number of aliphatic hydroxyl groups is 1. The van der Waals surface area contributed by atoms with E-state index in [9.17, 15) is 19.5 Å². The Hall–Kier alpha value is -4.36. The van der Waals surface area contributed by atoms with Crippen molar-refractivity contribution in [1.82, 2.24) is 14.7 Å². The van der Waals surface area contributed by atoms with E-state index in [0.29, 0.717) is 35.3 Å². The number of nitrogens with zero attached hydrogens (tertiary/aromatic N) is 3. The van der Waals surface area contributed by atoms with Crippen LogP contribution >= 0.6 is 15.9 Å². The molecule has 3 aliphatic heterocycles. The summed E-state index contributed by atoms with van der Waals surface area (Å²) in [7, 11) is -3.52. The van der Waals surface area contributed by atoms with Crippen LogP contribution in [0.15, 0.2) is 100 Å². The van der Waals surface area contributed by atoms with Gasteiger partial charge in [-0.15, -0.1) is 0 Å². The number of aromatic nitrogens is 2. The number of para-hydroxylation sites is 1. The van der Waals surface area contributed by atoms with Gasteiger partial charge in [-0.1, -0.05) is 71.4 Å². The standard InChI is InChI=1S/C40H40BrFN4O5Si/c1-24-37(52(2,3)42)35(20-36(48)44-22-27-9-5-4-8-26(27)18-30(44)23-47)51-40(24)32-19-28(41)14-17-34(32)45(39(40)50)21-25-12-15-29(16-13-25)46-38(49)31-10-6-7-11-33(31)43-46/h4-17,19,24,30,35,37,43,47H,18,20-23H2,1-3H3/t24-,30-,35+,37-,40+/m0/s1. The number of aromatic amines is 1. The molecule has 0 radical (unpaired) electrons. The Morgan fingerprint density at radius 3 is 2.44 bits per heavy atom. The van der Waals surface area contributed by atoms with Gasteiger partial charge in [0.1, 0.15) is 0 Å². The number of ether oxygens (including phenoxy) is 1. The van der Waals surface area contributed by atoms with Crippen LogP contribution in [-0.2, 0) is 39.4 Å². The molecule has 5 aromatic rings. The molecule has 268 valence electrons. The predicted octanol–water partition coefficient (Wildman–Crippen LogP) is 6.74. The Balaban J connectivity index is 1.10. The number of fused-ring (bicyclic) bond motifs is 4. The van der Waals surface area contributed by atoms with Gasteiger partial charge in [-0.2, -0.15) is 0 Å². The summed E-state index contributed by atoms with van der Waals surface area (Å²) < 4.78 is 25.6. The Kier molecular flexibility index (Phi) is 8.64. The maximum atomic E-state index is 16.5. The molecule has 3 aliphatic rings. The van der Waals surface area contributed by atoms with Crippen molar-refractivity contribution in [3.05, 3.63) is 128 Å². The van der Waals surface area contributed by atoms with E-state index >= 15 is 4.11 Å². The van der Waals surface area contributed by atoms with Gasteiger partial charge in [0.05, 0.1) is 54.0 Å². The quantitative estimate of drug-likeness (QED) is 0.141. The molecule has 2 N–H and O–H groups in total. The summed E-state index contributed by atoms with van der Waals surface area (Å²) >= 11 is 3.59. The van der Waals surface area contributed by atoms with Crippen LogP contribution in [0.1, 0.15) is 35.6 Å². The molecule has 52 heavy (non-hydrogen) atoms. The van der Waals surface area contributed by atoms with E-state index in [0.717, 1.165) is 26.7 Å². The predicted molar refractivity (Wildman–Crippen MR) is 203 cm³/mol. The smallest absolute Gasteiger partial charge is 0.279 e. The number of benzene rings is 4. The average molecular weight is 784 g/mol. The summed E-state index contributed by atoms with van der Waals surface area (Å²) in [5.41, 5.74) is 3.41. The molecule has 1 aromatic heterocycles. The molecule has 0 saturated carbocycles. The first-order valence-corrected chi connectivity index (χ1v) is 21.4. The fourth-order valence-corrected chi connectivity index (χ4v) is 11.7. The maximum absolute atomic E-state index is 16.5. The van der Waals surface area contributed by atoms with Gasteiger partial charge >= 0.3 is 0 Å². The maximum Gasteiger partial charge on any atom is 0.279 e. The van der Waals surface area contributed by atoms with E-state index in [-0.39, 0.29) is 36.9 Å². The molecular formula is C40H40BrFN4O5Si. The summed E-state index contributed by atoms with van der Waals surface area (Å²) in [6.07, 6.45) is -0.401. The fourth-order valence-electron chi connectivity index (χ4n) is 8.88. The van der Waals surface area contributed by atoms with Gasteiger partial charge < -0.3 is 23.8 Å². The van der Waals surface area contributed by atoms with Crippen molar-refractivity contribution >= 4 is 52.7 Å². The Morgan fingerprint density at radius 2 is 1.73 bits per heavy atom. The van der Waals surface area contributed by atoms with E-state index in [4.69, 9.17) is 4.74 Å². The van der Waals surface area contributed by atoms with Crippen molar-refractivity contribution in [2.45, 2.75) is 69.2 Å². The molecule has 9 nitrogen and oxygen atoms in total. The van der Waals surface area contributed by atoms with Crippen molar-refractivity contribution < 1.29 is 23.5 Å². The fraction of sp³-hybridized carbons (Fsp3) is 0.325. The van der Waals surface area contributed by atoms with Crippen molar-refractivity contribution in [3.8, 4) is 5.69 Å². The third-order valence-electron chi connectivity index (χ3n) is 11.3. The van der Waals surface area contributed by atoms with Crippen LogP contribution in [-0.4, -0.2) is 58.8 Å². The van der Waals surface area contributed by atoms with Crippen LogP contribution in [0.4, 0.5) is 9.80 Å². The minimum atomic E-state index is -3.52. The second-order valence-electron chi connectivity index (χ2n) is 14.8. The van der Waals surface area contributed by atoms with Gasteiger partial charge in [0.25, 0.3) is 11.5 Å². The molecule has 5 atom stereocenters. The van der Waals surface area contributed by atoms with Gasteiger partial charge in [0.2, 0.25) is 14.3 Å². The molecule has 4 aromatic carbocycles. The van der Waals surface area contributed by atoms with Gasteiger partial charge in [0.15, 0.2) is 5.60 Å². The van der Waals surface area contributed by atoms with Gasteiger partial charge in [0, 0.05) is 28.0 Å². The van der Waals surface area contributed by atoms with Crippen LogP contribution in [0.5, 0.6) is 0 Å². The number of amides is 2. The van der Waals surface area contributed by atoms with Crippen LogP contribution in [0.2, 0.25) is 18.6 Å². The number of hydrogen-bond acceptors (Lipinski definition) is 5. The van der Waals surface area contributed by atoms with Crippen LogP contribution < -0.4 is 10.5 Å². The van der Waals surface area contributed by atoms with Gasteiger partial charge in [-0.05, 0) is 78.7 Å². The van der Waals surface area contributed by atoms with Gasteiger partial charge in [-0.3, -0.25) is 19.5 Å². The van der Waals surface area contributed by atoms with Gasteiger partial charge in [-0.25, -0.2) is 4.68 Å². The summed E-state index contributed by atoms with van der Waals surface area (Å²) in [4.78, 5) is 45.4. The lowest BCUT2D eigenvalue weighted by Crippen LogP contribution is -2.48. The Morgan fingerprint density at radius 1 is 1.02 bits per heavy atom. The highest BCUT2D eigenvalue weighted by atomic mass is 79.9. The molecule has 0 bridgehead atoms. The zero-order chi connectivity index (χ0) is 36.5. The lowest BCUT2D eigenvalue weighted by Gasteiger charge is -2.37. The monoisotopic (exact) mass is 782 g/mol. The average Bonchev–Trinajstić information content (AvgIpc) is 3.71. The molecule has 12 heteroatoms. The number of carbonyl (C=O) groups is 2. The first kappa shape index (κ1) is 34.7. The number of nitrogens with one attached hydrogen (secondary N) is 1. The van der Waals surface area contributed by atoms with Crippen LogP contribution in [0.3, 0.4) is 0 Å². The molecule has 4 heterocycles. The first-order chi connectivity index (χ1) is 24.9. The van der Waals surface area contributed by atoms with E-state index in [1.54, 1.807) is 29.0 Å². The zero-order valence-electron chi connectivity index (χ0n) is 29.2. The lowest BCUT2D eigenvalue weighted by molar-refractivity contribution is -0.151. The van der Waals surface area contributed by atoms with Crippen molar-refractivity contribution in [2.24, 2.45) is 5.92 Å². The van der Waals surface area contributed by atoms with E-state index in [2.05, 4.69) is 21.0 Å². The largest absolute Gasteiger partial charge is 0.394 e. The number of anilines is 1. The number of halogens is 2. The molecule has 1 saturated heterocycles. The molecule has 8 rings (SSSR count). The third kappa shape index (κ3) is 5.58. The number of aliphatic hydroxyl groups excluding tert-OH is 1. The lowest BCUT2D eigenvalue weighted by atomic mass is 9.82. The van der Waals surface area contributed by atoms with E-state index < -0.39 is 37.6 Å². The normalized spacial score (nSPS) is 24.2. The highest BCUT2D eigenvalue weighted by Crippen LogP contribution is 2.60. The van der Waals surface area contributed by atoms with Crippen molar-refractivity contribution in [3.63, 3.8) is 0 Å². The molecule has 0 aliphatic carbocycles. The zero-order valence-corrected chi connectivity index (χ0v) is 31.8. The van der Waals surface area contributed by atoms with E-state index in [1.165, 1.54) is 4.68 Å². The van der Waals surface area contributed by atoms with Crippen LogP contribution in [0, 0.1) is 5.92 Å². The van der Waals surface area contributed by atoms with Crippen LogP contribution in [0.25, 0.3) is 16.6 Å². The molecule has 1 spiro atoms. The second-order valence-corrected chi connectivity index (χ2v) is 19.5. The van der Waals surface area contributed by atoms with Crippen molar-refractivity contribution in [1.29, 1.82) is 0 Å². The Labute approximate surface area is 310 Å². The summed E-state index contributed by atoms with van der Waals surface area (Å²) in [5, 5.41) is 14.0. The molecular weight excluding hydrogens is 743 g/mol. The second kappa shape index (κ2) is 12.9. The summed E-state index contributed by atoms with van der Waals surface area (Å²) in [6, 6.07) is 27.9. The van der Waals surface area contributed by atoms with Crippen molar-refractivity contribution in [2.75, 3.05) is 11.5 Å². The third-order valence-corrected chi connectivity index (χ3v) is 14.3. The number of H-pyrrole nitrogens is 1. The summed E-state index contributed by atoms with van der Waals surface area (Å²) in [5.74, 6) is -1.08. The molecule has 1 fully saturated rings. The number of hydrogen-bond donors (Lipinski definition) is 2. The minimum Gasteiger partial charge on any atom is -0.394 e. The SMILES string of the molecule is C[C@H]1[C@H]([Si](C)(C)F)[C@@H](CC(=O)N2Cc3ccccc3C[C@H]2CO)O[C@]12C(=O)N(Cc1ccc(-n3[nH]c4ccccc4c3=O)cc1)c1ccc(Br)cc12.